The van der Waals surface area contributed by atoms with Gasteiger partial charge in [-0.15, -0.1) is 0 Å². The van der Waals surface area contributed by atoms with Gasteiger partial charge in [0.15, 0.2) is 0 Å². The molecule has 1 saturated heterocycles. The molecule has 4 rings (SSSR count). The van der Waals surface area contributed by atoms with Gasteiger partial charge in [-0.3, -0.25) is 4.79 Å². The zero-order valence-electron chi connectivity index (χ0n) is 23.5. The molecule has 0 radical (unpaired) electrons. The molecule has 0 spiro atoms. The predicted molar refractivity (Wildman–Crippen MR) is 147 cm³/mol. The third-order valence-electron chi connectivity index (χ3n) is 7.33. The predicted octanol–water partition coefficient (Wildman–Crippen LogP) is 6.85. The van der Waals surface area contributed by atoms with E-state index in [1.54, 1.807) is 23.1 Å². The second kappa shape index (κ2) is 11.9. The number of rotatable bonds is 5. The Hall–Kier alpha value is -3.76. The van der Waals surface area contributed by atoms with Crippen molar-refractivity contribution in [1.29, 1.82) is 0 Å². The molecule has 11 heteroatoms. The number of alkyl halides is 6. The van der Waals surface area contributed by atoms with E-state index in [-0.39, 0.29) is 25.0 Å². The van der Waals surface area contributed by atoms with Crippen molar-refractivity contribution in [1.82, 2.24) is 15.5 Å². The second-order valence-electron chi connectivity index (χ2n) is 11.6. The largest absolute Gasteiger partial charge is 0.416 e. The highest BCUT2D eigenvalue weighted by Gasteiger charge is 2.39. The van der Waals surface area contributed by atoms with Crippen LogP contribution >= 0.6 is 0 Å². The van der Waals surface area contributed by atoms with Crippen molar-refractivity contribution in [3.63, 3.8) is 0 Å². The summed E-state index contributed by atoms with van der Waals surface area (Å²) in [5, 5.41) is 5.76. The van der Waals surface area contributed by atoms with Gasteiger partial charge in [-0.2, -0.15) is 26.3 Å². The first-order valence-corrected chi connectivity index (χ1v) is 13.6. The van der Waals surface area contributed by atoms with Gasteiger partial charge in [-0.1, -0.05) is 42.0 Å². The zero-order chi connectivity index (χ0) is 30.9. The highest BCUT2D eigenvalue weighted by atomic mass is 19.4. The van der Waals surface area contributed by atoms with Crippen LogP contribution in [0, 0.1) is 11.8 Å². The van der Waals surface area contributed by atoms with Gasteiger partial charge in [0.1, 0.15) is 0 Å². The van der Waals surface area contributed by atoms with Crippen LogP contribution in [-0.2, 0) is 23.6 Å². The summed E-state index contributed by atoms with van der Waals surface area (Å²) in [6, 6.07) is 9.47. The maximum atomic E-state index is 13.4. The van der Waals surface area contributed by atoms with Gasteiger partial charge in [-0.25, -0.2) is 4.79 Å². The average molecular weight is 594 g/mol. The number of fused-ring (bicyclic) bond motifs is 1. The number of allylic oxidation sites excluding steroid dienone is 2. The number of piperidine rings is 1. The van der Waals surface area contributed by atoms with Gasteiger partial charge < -0.3 is 15.5 Å². The number of amides is 3. The number of likely N-dealkylation sites (tertiary alicyclic amines) is 1. The number of urea groups is 1. The molecule has 1 aliphatic heterocycles. The van der Waals surface area contributed by atoms with Crippen LogP contribution in [0.4, 0.5) is 31.1 Å². The van der Waals surface area contributed by atoms with Crippen molar-refractivity contribution in [2.45, 2.75) is 51.5 Å². The lowest BCUT2D eigenvalue weighted by molar-refractivity contribution is -0.138. The van der Waals surface area contributed by atoms with Crippen molar-refractivity contribution in [3.8, 4) is 0 Å². The number of halogens is 6. The Bertz CT molecular complexity index is 1370. The van der Waals surface area contributed by atoms with E-state index in [1.165, 1.54) is 18.2 Å². The normalized spacial score (nSPS) is 19.4. The summed E-state index contributed by atoms with van der Waals surface area (Å²) in [6.45, 7) is 6.26. The Labute approximate surface area is 240 Å². The molecular weight excluding hydrogens is 560 g/mol. The van der Waals surface area contributed by atoms with Crippen LogP contribution in [-0.4, -0.2) is 42.0 Å². The summed E-state index contributed by atoms with van der Waals surface area (Å²) in [6.07, 6.45) is -4.93. The third kappa shape index (κ3) is 7.54. The minimum Gasteiger partial charge on any atom is -0.355 e. The van der Waals surface area contributed by atoms with Crippen molar-refractivity contribution < 1.29 is 35.9 Å². The lowest BCUT2D eigenvalue weighted by atomic mass is 9.73. The van der Waals surface area contributed by atoms with E-state index in [1.807, 2.05) is 20.8 Å². The lowest BCUT2D eigenvalue weighted by Gasteiger charge is -2.41. The Morgan fingerprint density at radius 2 is 1.60 bits per heavy atom. The molecule has 3 amide bonds. The van der Waals surface area contributed by atoms with E-state index in [0.29, 0.717) is 36.1 Å². The highest BCUT2D eigenvalue weighted by Crippen LogP contribution is 2.41. The number of hydrogen-bond donors (Lipinski definition) is 2. The quantitative estimate of drug-likeness (QED) is 0.373. The first-order chi connectivity index (χ1) is 19.5. The molecule has 2 aromatic carbocycles. The van der Waals surface area contributed by atoms with Crippen LogP contribution in [0.15, 0.2) is 66.3 Å². The summed E-state index contributed by atoms with van der Waals surface area (Å²) in [4.78, 5) is 27.9. The van der Waals surface area contributed by atoms with Gasteiger partial charge in [0, 0.05) is 31.1 Å². The Kier molecular flexibility index (Phi) is 8.80. The van der Waals surface area contributed by atoms with Crippen LogP contribution in [0.2, 0.25) is 0 Å². The number of nitrogens with zero attached hydrogens (tertiary/aromatic N) is 1. The summed E-state index contributed by atoms with van der Waals surface area (Å²) in [5.74, 6) is -1.49. The fourth-order valence-electron chi connectivity index (χ4n) is 5.29. The van der Waals surface area contributed by atoms with E-state index in [4.69, 9.17) is 0 Å². The van der Waals surface area contributed by atoms with Gasteiger partial charge in [-0.05, 0) is 74.6 Å². The van der Waals surface area contributed by atoms with Crippen molar-refractivity contribution in [2.75, 3.05) is 19.6 Å². The fraction of sp³-hybridized carbons (Fsp3) is 0.419. The maximum absolute atomic E-state index is 13.4. The van der Waals surface area contributed by atoms with E-state index in [9.17, 15) is 35.9 Å². The molecule has 226 valence electrons. The maximum Gasteiger partial charge on any atom is 0.416 e. The molecule has 0 aromatic heterocycles. The monoisotopic (exact) mass is 593 g/mol. The Balaban J connectivity index is 1.54. The van der Waals surface area contributed by atoms with Crippen LogP contribution < -0.4 is 10.6 Å². The van der Waals surface area contributed by atoms with Gasteiger partial charge in [0.05, 0.1) is 17.0 Å². The molecule has 1 heterocycles. The Morgan fingerprint density at radius 1 is 0.929 bits per heavy atom. The van der Waals surface area contributed by atoms with Crippen LogP contribution in [0.5, 0.6) is 0 Å². The van der Waals surface area contributed by atoms with E-state index in [2.05, 4.69) is 10.6 Å². The molecule has 2 aliphatic rings. The number of nitrogens with one attached hydrogen (secondary N) is 2. The van der Waals surface area contributed by atoms with Crippen molar-refractivity contribution in [3.05, 3.63) is 88.5 Å². The lowest BCUT2D eigenvalue weighted by Crippen LogP contribution is -2.53. The molecule has 2 atom stereocenters. The standard InChI is InChI=1S/C31H33F6N3O2/c1-29(2,3)39-28(42)40-16-14-24-23(20-5-4-6-22(17-20)31(35,36)37)11-12-25(26(24)18-40)27(41)38-15-13-19-7-9-21(10-8-19)30(32,33)34/h4-12,17,25-26H,13-16,18H2,1-3H3,(H,38,41)(H,39,42). The molecule has 2 aromatic rings. The molecule has 2 unspecified atom stereocenters. The topological polar surface area (TPSA) is 61.4 Å². The molecule has 1 fully saturated rings. The number of benzene rings is 2. The highest BCUT2D eigenvalue weighted by molar-refractivity contribution is 5.87. The minimum absolute atomic E-state index is 0.176. The molecule has 0 bridgehead atoms. The molecule has 0 saturated carbocycles. The molecule has 2 N–H and O–H groups in total. The average Bonchev–Trinajstić information content (AvgIpc) is 2.90. The zero-order valence-corrected chi connectivity index (χ0v) is 23.5. The first-order valence-electron chi connectivity index (χ1n) is 13.6. The number of carbonyl (C=O) groups excluding carboxylic acids is 2. The Morgan fingerprint density at radius 3 is 2.21 bits per heavy atom. The van der Waals surface area contributed by atoms with E-state index in [0.717, 1.165) is 29.8 Å². The molecule has 5 nitrogen and oxygen atoms in total. The fourth-order valence-corrected chi connectivity index (χ4v) is 5.29. The first kappa shape index (κ1) is 31.2. The van der Waals surface area contributed by atoms with Crippen LogP contribution in [0.3, 0.4) is 0 Å². The second-order valence-corrected chi connectivity index (χ2v) is 11.6. The van der Waals surface area contributed by atoms with Gasteiger partial charge in [0.2, 0.25) is 5.91 Å². The summed E-state index contributed by atoms with van der Waals surface area (Å²) >= 11 is 0. The number of hydrogen-bond acceptors (Lipinski definition) is 2. The molecule has 42 heavy (non-hydrogen) atoms. The summed E-state index contributed by atoms with van der Waals surface area (Å²) in [7, 11) is 0. The smallest absolute Gasteiger partial charge is 0.355 e. The third-order valence-corrected chi connectivity index (χ3v) is 7.33. The minimum atomic E-state index is -4.51. The van der Waals surface area contributed by atoms with Crippen LogP contribution in [0.1, 0.15) is 49.4 Å². The summed E-state index contributed by atoms with van der Waals surface area (Å²) in [5.41, 5.74) is 0.402. The van der Waals surface area contributed by atoms with E-state index < -0.39 is 40.9 Å². The SMILES string of the molecule is CC(C)(C)NC(=O)N1CCC2=C(c3cccc(C(F)(F)F)c3)C=CC(C(=O)NCCc3ccc(C(F)(F)F)cc3)C2C1. The van der Waals surface area contributed by atoms with Crippen molar-refractivity contribution >= 4 is 17.5 Å². The molecular formula is C31H33F6N3O2. The van der Waals surface area contributed by atoms with Crippen LogP contribution in [0.25, 0.3) is 5.57 Å². The van der Waals surface area contributed by atoms with E-state index >= 15 is 0 Å². The summed E-state index contributed by atoms with van der Waals surface area (Å²) < 4.78 is 78.8. The van der Waals surface area contributed by atoms with Crippen molar-refractivity contribution in [2.24, 2.45) is 11.8 Å². The van der Waals surface area contributed by atoms with Gasteiger partial charge in [0.25, 0.3) is 0 Å². The van der Waals surface area contributed by atoms with Gasteiger partial charge >= 0.3 is 18.4 Å². The molecule has 1 aliphatic carbocycles. The number of carbonyl (C=O) groups is 2.